The van der Waals surface area contributed by atoms with E-state index in [9.17, 15) is 13.2 Å². The third kappa shape index (κ3) is 6.07. The molecule has 0 amide bonds. The normalized spacial score (nSPS) is 11.1. The Morgan fingerprint density at radius 3 is 2.33 bits per heavy atom. The molecule has 33 heavy (non-hydrogen) atoms. The number of ether oxygens (including phenoxy) is 1. The van der Waals surface area contributed by atoms with Crippen LogP contribution in [0.1, 0.15) is 11.5 Å². The van der Waals surface area contributed by atoms with Crippen molar-refractivity contribution in [3.8, 4) is 23.0 Å². The van der Waals surface area contributed by atoms with Crippen LogP contribution in [0.4, 0.5) is 19.1 Å². The number of thiocarbonyl (C=S) groups is 1. The van der Waals surface area contributed by atoms with Gasteiger partial charge in [-0.25, -0.2) is 4.98 Å². The minimum absolute atomic E-state index is 0.0256. The Bertz CT molecular complexity index is 1230. The summed E-state index contributed by atoms with van der Waals surface area (Å²) in [4.78, 5) is 7.49. The molecule has 10 heteroatoms. The summed E-state index contributed by atoms with van der Waals surface area (Å²) in [6.07, 6.45) is -4.69. The molecule has 0 unspecified atom stereocenters. The minimum Gasteiger partial charge on any atom is -0.459 e. The van der Waals surface area contributed by atoms with E-state index in [0.29, 0.717) is 17.3 Å². The zero-order chi connectivity index (χ0) is 23.3. The molecule has 2 heterocycles. The lowest BCUT2D eigenvalue weighted by Gasteiger charge is -2.13. The molecule has 2 aromatic carbocycles. The second-order valence-corrected chi connectivity index (χ2v) is 7.18. The number of nitrogens with zero attached hydrogens (tertiary/aromatic N) is 2. The van der Waals surface area contributed by atoms with Gasteiger partial charge in [0.05, 0.1) is 6.54 Å². The Labute approximate surface area is 192 Å². The smallest absolute Gasteiger partial charge is 0.433 e. The van der Waals surface area contributed by atoms with E-state index in [0.717, 1.165) is 11.6 Å². The minimum atomic E-state index is -4.69. The van der Waals surface area contributed by atoms with Crippen molar-refractivity contribution in [2.45, 2.75) is 12.7 Å². The summed E-state index contributed by atoms with van der Waals surface area (Å²) in [6, 6.07) is 22.2. The Balaban J connectivity index is 1.43. The summed E-state index contributed by atoms with van der Waals surface area (Å²) in [7, 11) is 0. The highest BCUT2D eigenvalue weighted by atomic mass is 32.1. The second-order valence-electron chi connectivity index (χ2n) is 6.77. The van der Waals surface area contributed by atoms with Gasteiger partial charge < -0.3 is 19.8 Å². The number of halogens is 3. The molecule has 168 valence electrons. The molecular weight excluding hydrogens is 453 g/mol. The molecule has 0 saturated heterocycles. The first-order chi connectivity index (χ1) is 15.9. The molecule has 0 bridgehead atoms. The van der Waals surface area contributed by atoms with Gasteiger partial charge in [-0.15, -0.1) is 0 Å². The van der Waals surface area contributed by atoms with Crippen molar-refractivity contribution >= 4 is 23.3 Å². The Hall–Kier alpha value is -3.92. The van der Waals surface area contributed by atoms with E-state index in [1.165, 1.54) is 0 Å². The van der Waals surface area contributed by atoms with Crippen molar-refractivity contribution in [1.29, 1.82) is 0 Å². The van der Waals surface area contributed by atoms with E-state index in [2.05, 4.69) is 20.6 Å². The van der Waals surface area contributed by atoms with Crippen molar-refractivity contribution < 1.29 is 22.3 Å². The number of benzene rings is 2. The second kappa shape index (κ2) is 9.70. The molecule has 2 N–H and O–H groups in total. The highest BCUT2D eigenvalue weighted by Crippen LogP contribution is 2.31. The fourth-order valence-electron chi connectivity index (χ4n) is 2.83. The summed E-state index contributed by atoms with van der Waals surface area (Å²) >= 11 is 5.18. The molecule has 6 nitrogen and oxygen atoms in total. The van der Waals surface area contributed by atoms with Crippen molar-refractivity contribution in [3.63, 3.8) is 0 Å². The van der Waals surface area contributed by atoms with Gasteiger partial charge in [-0.2, -0.15) is 18.2 Å². The zero-order valence-corrected chi connectivity index (χ0v) is 17.8. The average molecular weight is 470 g/mol. The molecule has 4 aromatic rings. The van der Waals surface area contributed by atoms with Gasteiger partial charge in [0.25, 0.3) is 0 Å². The summed E-state index contributed by atoms with van der Waals surface area (Å²) in [5.74, 6) is 0.999. The number of hydrogen-bond acceptors (Lipinski definition) is 5. The number of rotatable bonds is 6. The first-order valence-electron chi connectivity index (χ1n) is 9.75. The van der Waals surface area contributed by atoms with Gasteiger partial charge in [-0.1, -0.05) is 48.5 Å². The van der Waals surface area contributed by atoms with Crippen molar-refractivity contribution in [2.75, 3.05) is 5.32 Å². The maximum atomic E-state index is 13.3. The predicted octanol–water partition coefficient (Wildman–Crippen LogP) is 6.03. The average Bonchev–Trinajstić information content (AvgIpc) is 3.27. The number of alkyl halides is 3. The van der Waals surface area contributed by atoms with E-state index in [1.54, 1.807) is 36.4 Å². The number of aromatic nitrogens is 2. The molecule has 2 aromatic heterocycles. The highest BCUT2D eigenvalue weighted by molar-refractivity contribution is 7.80. The molecule has 0 aliphatic rings. The maximum Gasteiger partial charge on any atom is 0.433 e. The fraction of sp³-hybridized carbons (Fsp3) is 0.0870. The van der Waals surface area contributed by atoms with Crippen LogP contribution in [-0.2, 0) is 12.7 Å². The Morgan fingerprint density at radius 2 is 1.64 bits per heavy atom. The molecule has 0 aliphatic carbocycles. The lowest BCUT2D eigenvalue weighted by molar-refractivity contribution is -0.141. The molecule has 0 spiro atoms. The van der Waals surface area contributed by atoms with Crippen LogP contribution in [0, 0.1) is 0 Å². The first kappa shape index (κ1) is 22.3. The maximum absolute atomic E-state index is 13.3. The van der Waals surface area contributed by atoms with E-state index in [4.69, 9.17) is 21.4 Å². The summed E-state index contributed by atoms with van der Waals surface area (Å²) in [5.41, 5.74) is -0.236. The number of nitrogens with one attached hydrogen (secondary N) is 2. The van der Waals surface area contributed by atoms with Crippen molar-refractivity contribution in [1.82, 2.24) is 15.3 Å². The quantitative estimate of drug-likeness (QED) is 0.333. The van der Waals surface area contributed by atoms with Gasteiger partial charge in [0, 0.05) is 11.6 Å². The van der Waals surface area contributed by atoms with Crippen LogP contribution in [0.3, 0.4) is 0 Å². The largest absolute Gasteiger partial charge is 0.459 e. The Kier molecular flexibility index (Phi) is 6.55. The lowest BCUT2D eigenvalue weighted by Crippen LogP contribution is -2.29. The first-order valence-corrected chi connectivity index (χ1v) is 10.2. The summed E-state index contributed by atoms with van der Waals surface area (Å²) in [6.45, 7) is 0.213. The molecule has 0 atom stereocenters. The monoisotopic (exact) mass is 470 g/mol. The number of para-hydroxylation sites is 1. The highest BCUT2D eigenvalue weighted by Gasteiger charge is 2.34. The van der Waals surface area contributed by atoms with E-state index < -0.39 is 11.9 Å². The zero-order valence-electron chi connectivity index (χ0n) is 17.0. The van der Waals surface area contributed by atoms with Gasteiger partial charge in [-0.05, 0) is 36.5 Å². The third-order valence-electron chi connectivity index (χ3n) is 4.33. The van der Waals surface area contributed by atoms with Gasteiger partial charge in [0.15, 0.2) is 10.8 Å². The molecular formula is C23H17F3N4O2S. The van der Waals surface area contributed by atoms with Gasteiger partial charge >= 0.3 is 6.18 Å². The topological polar surface area (TPSA) is 72.2 Å². The molecule has 0 radical (unpaired) electrons. The van der Waals surface area contributed by atoms with Crippen LogP contribution in [-0.4, -0.2) is 15.1 Å². The van der Waals surface area contributed by atoms with Crippen LogP contribution in [0.5, 0.6) is 11.6 Å². The SMILES string of the molecule is FC(F)(F)c1cc(Oc2ccccc2)nc(NC(=S)NCc2ccc(-c3ccccc3)o2)n1. The predicted molar refractivity (Wildman–Crippen MR) is 121 cm³/mol. The van der Waals surface area contributed by atoms with Crippen LogP contribution in [0.25, 0.3) is 11.3 Å². The Morgan fingerprint density at radius 1 is 0.939 bits per heavy atom. The van der Waals surface area contributed by atoms with Gasteiger partial charge in [0.1, 0.15) is 17.3 Å². The number of anilines is 1. The van der Waals surface area contributed by atoms with Gasteiger partial charge in [0.2, 0.25) is 11.8 Å². The molecule has 0 aliphatic heterocycles. The fourth-order valence-corrected chi connectivity index (χ4v) is 2.99. The standard InChI is InChI=1S/C23H17F3N4O2S/c24-23(25,26)19-13-20(32-16-9-5-2-6-10-16)29-21(28-19)30-22(33)27-14-17-11-12-18(31-17)15-7-3-1-4-8-15/h1-13H,14H2,(H2,27,28,29,30,33). The van der Waals surface area contributed by atoms with Gasteiger partial charge in [-0.3, -0.25) is 0 Å². The van der Waals surface area contributed by atoms with Crippen molar-refractivity contribution in [3.05, 3.63) is 90.3 Å². The van der Waals surface area contributed by atoms with E-state index >= 15 is 0 Å². The van der Waals surface area contributed by atoms with Crippen LogP contribution < -0.4 is 15.4 Å². The summed E-state index contributed by atoms with van der Waals surface area (Å²) < 4.78 is 51.1. The van der Waals surface area contributed by atoms with Crippen LogP contribution in [0.15, 0.2) is 83.3 Å². The van der Waals surface area contributed by atoms with Crippen molar-refractivity contribution in [2.24, 2.45) is 0 Å². The molecule has 0 fully saturated rings. The van der Waals surface area contributed by atoms with E-state index in [-0.39, 0.29) is 23.5 Å². The van der Waals surface area contributed by atoms with E-state index in [1.807, 2.05) is 36.4 Å². The number of hydrogen-bond donors (Lipinski definition) is 2. The lowest BCUT2D eigenvalue weighted by atomic mass is 10.2. The number of furan rings is 1. The molecule has 0 saturated carbocycles. The third-order valence-corrected chi connectivity index (χ3v) is 4.57. The van der Waals surface area contributed by atoms with Crippen LogP contribution in [0.2, 0.25) is 0 Å². The molecule has 4 rings (SSSR count). The van der Waals surface area contributed by atoms with Crippen LogP contribution >= 0.6 is 12.2 Å². The summed E-state index contributed by atoms with van der Waals surface area (Å²) in [5, 5.41) is 5.46.